The molecule has 2 aromatic rings. The van der Waals surface area contributed by atoms with Gasteiger partial charge in [-0.05, 0) is 0 Å². The molecule has 0 aliphatic heterocycles. The van der Waals surface area contributed by atoms with E-state index in [1.165, 1.54) is 33.8 Å². The first-order valence-electron chi connectivity index (χ1n) is 7.54. The van der Waals surface area contributed by atoms with E-state index in [0.717, 1.165) is 0 Å². The van der Waals surface area contributed by atoms with Gasteiger partial charge in [-0.2, -0.15) is 0 Å². The van der Waals surface area contributed by atoms with Gasteiger partial charge in [-0.3, -0.25) is 0 Å². The van der Waals surface area contributed by atoms with Gasteiger partial charge in [-0.25, -0.2) is 0 Å². The van der Waals surface area contributed by atoms with Crippen molar-refractivity contribution in [3.05, 3.63) is 82.9 Å². The summed E-state index contributed by atoms with van der Waals surface area (Å²) in [6.07, 6.45) is 10.6. The maximum absolute atomic E-state index is 2.41. The number of hydrogen-bond acceptors (Lipinski definition) is 0. The second-order valence-electron chi connectivity index (χ2n) is 4.91. The molecule has 0 bridgehead atoms. The van der Waals surface area contributed by atoms with Crippen molar-refractivity contribution in [2.24, 2.45) is 0 Å². The molecule has 0 nitrogen and oxygen atoms in total. The number of allylic oxidation sites excluding steroid dienone is 3. The molecule has 2 aromatic carbocycles. The van der Waals surface area contributed by atoms with E-state index in [1.807, 2.05) is 0 Å². The fraction of sp³-hybridized carbons (Fsp3) is 0.200. The van der Waals surface area contributed by atoms with Crippen LogP contribution in [0.1, 0.15) is 31.7 Å². The SMILES string of the molecule is CCCC/C=C(/C=C/c1ccccc1)[Se]c1ccccc1. The van der Waals surface area contributed by atoms with Gasteiger partial charge in [0.05, 0.1) is 0 Å². The van der Waals surface area contributed by atoms with Crippen LogP contribution in [-0.2, 0) is 0 Å². The fourth-order valence-electron chi connectivity index (χ4n) is 1.96. The second-order valence-corrected chi connectivity index (χ2v) is 7.31. The van der Waals surface area contributed by atoms with Crippen molar-refractivity contribution in [1.82, 2.24) is 0 Å². The van der Waals surface area contributed by atoms with Crippen molar-refractivity contribution in [1.29, 1.82) is 0 Å². The molecule has 0 aliphatic rings. The van der Waals surface area contributed by atoms with E-state index in [0.29, 0.717) is 15.0 Å². The van der Waals surface area contributed by atoms with Gasteiger partial charge in [0.2, 0.25) is 0 Å². The average Bonchev–Trinajstić information content (AvgIpc) is 2.54. The Bertz CT molecular complexity index is 567. The predicted octanol–water partition coefficient (Wildman–Crippen LogP) is 4.80. The van der Waals surface area contributed by atoms with E-state index >= 15 is 0 Å². The van der Waals surface area contributed by atoms with Gasteiger partial charge in [-0.1, -0.05) is 0 Å². The van der Waals surface area contributed by atoms with E-state index in [1.54, 1.807) is 0 Å². The number of hydrogen-bond donors (Lipinski definition) is 0. The Kier molecular flexibility index (Phi) is 7.07. The van der Waals surface area contributed by atoms with Crippen LogP contribution in [0.4, 0.5) is 0 Å². The summed E-state index contributed by atoms with van der Waals surface area (Å²) < 4.78 is 2.90. The first kappa shape index (κ1) is 15.8. The van der Waals surface area contributed by atoms with Crippen LogP contribution < -0.4 is 4.46 Å². The van der Waals surface area contributed by atoms with Crippen molar-refractivity contribution >= 4 is 25.5 Å². The molecule has 0 saturated heterocycles. The number of benzene rings is 2. The van der Waals surface area contributed by atoms with E-state index in [9.17, 15) is 0 Å². The van der Waals surface area contributed by atoms with Gasteiger partial charge in [-0.15, -0.1) is 0 Å². The van der Waals surface area contributed by atoms with Crippen LogP contribution in [-0.4, -0.2) is 15.0 Å². The van der Waals surface area contributed by atoms with Crippen LogP contribution >= 0.6 is 0 Å². The van der Waals surface area contributed by atoms with E-state index in [4.69, 9.17) is 0 Å². The summed E-state index contributed by atoms with van der Waals surface area (Å²) >= 11 is 0.389. The normalized spacial score (nSPS) is 12.0. The van der Waals surface area contributed by atoms with Crippen LogP contribution in [0.15, 0.2) is 77.3 Å². The first-order chi connectivity index (χ1) is 10.4. The molecule has 1 heteroatoms. The summed E-state index contributed by atoms with van der Waals surface area (Å²) in [6, 6.07) is 21.3. The average molecular weight is 341 g/mol. The van der Waals surface area contributed by atoms with Crippen molar-refractivity contribution < 1.29 is 0 Å². The summed E-state index contributed by atoms with van der Waals surface area (Å²) in [6.45, 7) is 2.25. The molecule has 0 aliphatic carbocycles. The number of unbranched alkanes of at least 4 members (excludes halogenated alkanes) is 2. The third-order valence-corrected chi connectivity index (χ3v) is 5.32. The molecule has 21 heavy (non-hydrogen) atoms. The zero-order valence-electron chi connectivity index (χ0n) is 12.5. The Morgan fingerprint density at radius 2 is 1.62 bits per heavy atom. The molecule has 0 aromatic heterocycles. The Morgan fingerprint density at radius 1 is 0.952 bits per heavy atom. The standard InChI is InChI=1S/C20H22Se/c1-2-3-6-13-20(21-19-14-9-5-10-15-19)17-16-18-11-7-4-8-12-18/h4-5,7-17H,2-3,6H2,1H3/b17-16+,20-13-. The Morgan fingerprint density at radius 3 is 2.29 bits per heavy atom. The molecule has 0 unspecified atom stereocenters. The summed E-state index contributed by atoms with van der Waals surface area (Å²) in [7, 11) is 0. The monoisotopic (exact) mass is 342 g/mol. The van der Waals surface area contributed by atoms with Crippen molar-refractivity contribution in [2.75, 3.05) is 0 Å². The predicted molar refractivity (Wildman–Crippen MR) is 94.9 cm³/mol. The Labute approximate surface area is 134 Å². The van der Waals surface area contributed by atoms with Gasteiger partial charge in [0.1, 0.15) is 0 Å². The van der Waals surface area contributed by atoms with Gasteiger partial charge >= 0.3 is 135 Å². The topological polar surface area (TPSA) is 0 Å². The number of rotatable bonds is 7. The van der Waals surface area contributed by atoms with Crippen LogP contribution in [0.5, 0.6) is 0 Å². The summed E-state index contributed by atoms with van der Waals surface area (Å²) in [5.41, 5.74) is 1.27. The van der Waals surface area contributed by atoms with Crippen molar-refractivity contribution in [3.63, 3.8) is 0 Å². The van der Waals surface area contributed by atoms with Crippen LogP contribution in [0.25, 0.3) is 6.08 Å². The second kappa shape index (κ2) is 9.39. The molecule has 0 amide bonds. The van der Waals surface area contributed by atoms with Crippen LogP contribution in [0.3, 0.4) is 0 Å². The van der Waals surface area contributed by atoms with Crippen LogP contribution in [0, 0.1) is 0 Å². The Balaban J connectivity index is 2.08. The molecular formula is C20H22Se. The van der Waals surface area contributed by atoms with Gasteiger partial charge < -0.3 is 0 Å². The van der Waals surface area contributed by atoms with E-state index in [-0.39, 0.29) is 0 Å². The van der Waals surface area contributed by atoms with Crippen molar-refractivity contribution in [2.45, 2.75) is 26.2 Å². The third-order valence-electron chi connectivity index (χ3n) is 3.12. The molecule has 0 radical (unpaired) electrons. The fourth-order valence-corrected chi connectivity index (χ4v) is 3.85. The quantitative estimate of drug-likeness (QED) is 0.385. The Hall–Kier alpha value is -1.56. The summed E-state index contributed by atoms with van der Waals surface area (Å²) in [5, 5.41) is 0. The van der Waals surface area contributed by atoms with Gasteiger partial charge in [0.25, 0.3) is 0 Å². The van der Waals surface area contributed by atoms with Gasteiger partial charge in [0, 0.05) is 0 Å². The minimum atomic E-state index is 0.389. The summed E-state index contributed by atoms with van der Waals surface area (Å²) in [5.74, 6) is 0. The molecule has 0 N–H and O–H groups in total. The molecule has 2 rings (SSSR count). The minimum absolute atomic E-state index is 0.389. The summed E-state index contributed by atoms with van der Waals surface area (Å²) in [4.78, 5) is 0. The zero-order valence-corrected chi connectivity index (χ0v) is 14.2. The van der Waals surface area contributed by atoms with Crippen LogP contribution in [0.2, 0.25) is 0 Å². The third kappa shape index (κ3) is 6.16. The molecule has 0 fully saturated rings. The van der Waals surface area contributed by atoms with E-state index in [2.05, 4.69) is 85.8 Å². The van der Waals surface area contributed by atoms with E-state index < -0.39 is 0 Å². The van der Waals surface area contributed by atoms with Crippen molar-refractivity contribution in [3.8, 4) is 0 Å². The molecule has 0 atom stereocenters. The molecule has 0 spiro atoms. The molecular weight excluding hydrogens is 319 g/mol. The van der Waals surface area contributed by atoms with Gasteiger partial charge in [0.15, 0.2) is 0 Å². The first-order valence-corrected chi connectivity index (χ1v) is 9.26. The molecule has 108 valence electrons. The zero-order chi connectivity index (χ0) is 14.8. The maximum atomic E-state index is 2.41. The molecule has 0 saturated carbocycles. The molecule has 0 heterocycles.